The second kappa shape index (κ2) is 7.07. The van der Waals surface area contributed by atoms with Gasteiger partial charge in [-0.25, -0.2) is 4.79 Å². The maximum absolute atomic E-state index is 11.6. The third-order valence-corrected chi connectivity index (χ3v) is 2.34. The van der Waals surface area contributed by atoms with Crippen LogP contribution in [0, 0.1) is 0 Å². The molecule has 86 valence electrons. The number of hydrogen-bond donors (Lipinski definition) is 0. The second-order valence-electron chi connectivity index (χ2n) is 3.28. The summed E-state index contributed by atoms with van der Waals surface area (Å²) in [5.41, 5.74) is 0.420. The smallest absolute Gasteiger partial charge is 0.339 e. The number of carbonyl (C=O) groups excluding carboxylic acids is 1. The molecular weight excluding hydrogens is 224 g/mol. The molecular formula is C13H15ClO2. The Kier molecular flexibility index (Phi) is 5.65. The van der Waals surface area contributed by atoms with E-state index in [0.29, 0.717) is 17.2 Å². The number of hydrogen-bond acceptors (Lipinski definition) is 2. The molecule has 0 unspecified atom stereocenters. The molecule has 0 spiro atoms. The van der Waals surface area contributed by atoms with Crippen LogP contribution in [0.4, 0.5) is 0 Å². The van der Waals surface area contributed by atoms with Crippen molar-refractivity contribution in [2.45, 2.75) is 19.8 Å². The molecule has 3 heteroatoms. The molecule has 0 saturated carbocycles. The van der Waals surface area contributed by atoms with E-state index in [0.717, 1.165) is 12.8 Å². The maximum atomic E-state index is 11.6. The topological polar surface area (TPSA) is 26.3 Å². The summed E-state index contributed by atoms with van der Waals surface area (Å²) in [5.74, 6) is -0.365. The highest BCUT2D eigenvalue weighted by molar-refractivity contribution is 6.33. The van der Waals surface area contributed by atoms with Gasteiger partial charge in [0.1, 0.15) is 0 Å². The van der Waals surface area contributed by atoms with Crippen LogP contribution in [0.5, 0.6) is 0 Å². The van der Waals surface area contributed by atoms with E-state index in [2.05, 4.69) is 6.92 Å². The Labute approximate surface area is 101 Å². The Morgan fingerprint density at radius 2 is 2.12 bits per heavy atom. The molecule has 0 aliphatic carbocycles. The number of halogens is 1. The highest BCUT2D eigenvalue weighted by atomic mass is 35.5. The molecule has 1 aromatic carbocycles. The quantitative estimate of drug-likeness (QED) is 0.442. The second-order valence-corrected chi connectivity index (χ2v) is 3.69. The minimum atomic E-state index is -0.365. The highest BCUT2D eigenvalue weighted by Gasteiger charge is 2.09. The molecule has 0 radical (unpaired) electrons. The molecule has 2 nitrogen and oxygen atoms in total. The molecule has 0 aromatic heterocycles. The summed E-state index contributed by atoms with van der Waals surface area (Å²) in [4.78, 5) is 11.6. The maximum Gasteiger partial charge on any atom is 0.339 e. The zero-order valence-corrected chi connectivity index (χ0v) is 10.0. The van der Waals surface area contributed by atoms with Crippen LogP contribution in [0.15, 0.2) is 36.4 Å². The first-order chi connectivity index (χ1) is 7.75. The molecule has 1 aromatic rings. The van der Waals surface area contributed by atoms with Gasteiger partial charge in [0, 0.05) is 0 Å². The van der Waals surface area contributed by atoms with Crippen molar-refractivity contribution in [3.05, 3.63) is 47.0 Å². The largest absolute Gasteiger partial charge is 0.462 e. The fraction of sp³-hybridized carbons (Fsp3) is 0.308. The van der Waals surface area contributed by atoms with Gasteiger partial charge in [-0.2, -0.15) is 0 Å². The van der Waals surface area contributed by atoms with Crippen molar-refractivity contribution >= 4 is 17.6 Å². The van der Waals surface area contributed by atoms with Crippen LogP contribution in [-0.2, 0) is 4.74 Å². The van der Waals surface area contributed by atoms with Gasteiger partial charge in [-0.1, -0.05) is 42.8 Å². The summed E-state index contributed by atoms with van der Waals surface area (Å²) in [6, 6.07) is 6.88. The van der Waals surface area contributed by atoms with Crippen molar-refractivity contribution in [2.24, 2.45) is 0 Å². The van der Waals surface area contributed by atoms with Gasteiger partial charge in [-0.05, 0) is 25.0 Å². The molecule has 0 saturated heterocycles. The van der Waals surface area contributed by atoms with Crippen molar-refractivity contribution in [3.63, 3.8) is 0 Å². The van der Waals surface area contributed by atoms with E-state index in [4.69, 9.17) is 16.3 Å². The molecule has 0 aliphatic rings. The Morgan fingerprint density at radius 3 is 2.81 bits per heavy atom. The monoisotopic (exact) mass is 238 g/mol. The highest BCUT2D eigenvalue weighted by Crippen LogP contribution is 2.15. The predicted molar refractivity (Wildman–Crippen MR) is 65.8 cm³/mol. The fourth-order valence-electron chi connectivity index (χ4n) is 1.21. The predicted octanol–water partition coefficient (Wildman–Crippen LogP) is 3.85. The average molecular weight is 239 g/mol. The summed E-state index contributed by atoms with van der Waals surface area (Å²) in [7, 11) is 0. The third-order valence-electron chi connectivity index (χ3n) is 2.01. The van der Waals surface area contributed by atoms with Crippen molar-refractivity contribution in [1.29, 1.82) is 0 Å². The summed E-state index contributed by atoms with van der Waals surface area (Å²) in [6.07, 6.45) is 5.78. The van der Waals surface area contributed by atoms with E-state index in [9.17, 15) is 4.79 Å². The molecule has 0 aliphatic heterocycles. The Morgan fingerprint density at radius 1 is 1.38 bits per heavy atom. The van der Waals surface area contributed by atoms with Crippen LogP contribution in [0.25, 0.3) is 0 Å². The molecule has 16 heavy (non-hydrogen) atoms. The number of rotatable bonds is 5. The summed E-state index contributed by atoms with van der Waals surface area (Å²) in [5, 5.41) is 0.427. The first-order valence-corrected chi connectivity index (χ1v) is 5.70. The summed E-state index contributed by atoms with van der Waals surface area (Å²) in [6.45, 7) is 2.45. The van der Waals surface area contributed by atoms with Crippen molar-refractivity contribution in [3.8, 4) is 0 Å². The number of ether oxygens (including phenoxy) is 1. The normalized spacial score (nSPS) is 10.6. The van der Waals surface area contributed by atoms with Gasteiger partial charge in [-0.15, -0.1) is 0 Å². The zero-order valence-electron chi connectivity index (χ0n) is 9.28. The van der Waals surface area contributed by atoms with Gasteiger partial charge in [0.15, 0.2) is 0 Å². The van der Waals surface area contributed by atoms with Crippen LogP contribution in [0.1, 0.15) is 30.1 Å². The zero-order chi connectivity index (χ0) is 11.8. The lowest BCUT2D eigenvalue weighted by atomic mass is 10.2. The van der Waals surface area contributed by atoms with Gasteiger partial charge in [-0.3, -0.25) is 0 Å². The molecule has 0 fully saturated rings. The fourth-order valence-corrected chi connectivity index (χ4v) is 1.42. The lowest BCUT2D eigenvalue weighted by molar-refractivity contribution is 0.0512. The SMILES string of the molecule is CC/C=C/CCOC(=O)c1ccccc1Cl. The molecule has 0 atom stereocenters. The first-order valence-electron chi connectivity index (χ1n) is 5.32. The van der Waals surface area contributed by atoms with Gasteiger partial charge in [0.05, 0.1) is 17.2 Å². The summed E-state index contributed by atoms with van der Waals surface area (Å²) < 4.78 is 5.08. The van der Waals surface area contributed by atoms with Gasteiger partial charge in [0.2, 0.25) is 0 Å². The van der Waals surface area contributed by atoms with Crippen LogP contribution >= 0.6 is 11.6 Å². The van der Waals surface area contributed by atoms with E-state index >= 15 is 0 Å². The first kappa shape index (κ1) is 12.8. The summed E-state index contributed by atoms with van der Waals surface area (Å²) >= 11 is 5.87. The molecule has 0 N–H and O–H groups in total. The molecule has 0 amide bonds. The van der Waals surface area contributed by atoms with Crippen molar-refractivity contribution in [2.75, 3.05) is 6.61 Å². The third kappa shape index (κ3) is 4.07. The van der Waals surface area contributed by atoms with Crippen molar-refractivity contribution in [1.82, 2.24) is 0 Å². The van der Waals surface area contributed by atoms with Crippen LogP contribution in [0.2, 0.25) is 5.02 Å². The lowest BCUT2D eigenvalue weighted by Gasteiger charge is -2.04. The Bertz CT molecular complexity index is 372. The van der Waals surface area contributed by atoms with E-state index in [1.807, 2.05) is 12.2 Å². The Hall–Kier alpha value is -1.28. The van der Waals surface area contributed by atoms with Crippen LogP contribution in [0.3, 0.4) is 0 Å². The standard InChI is InChI=1S/C13H15ClO2/c1-2-3-4-7-10-16-13(15)11-8-5-6-9-12(11)14/h3-6,8-9H,2,7,10H2,1H3/b4-3+. The Balaban J connectivity index is 2.41. The van der Waals surface area contributed by atoms with Crippen molar-refractivity contribution < 1.29 is 9.53 Å². The number of benzene rings is 1. The van der Waals surface area contributed by atoms with Gasteiger partial charge < -0.3 is 4.74 Å². The number of carbonyl (C=O) groups is 1. The average Bonchev–Trinajstić information content (AvgIpc) is 2.29. The van der Waals surface area contributed by atoms with Crippen LogP contribution in [-0.4, -0.2) is 12.6 Å². The van der Waals surface area contributed by atoms with Gasteiger partial charge in [0.25, 0.3) is 0 Å². The van der Waals surface area contributed by atoms with E-state index in [-0.39, 0.29) is 5.97 Å². The minimum Gasteiger partial charge on any atom is -0.462 e. The van der Waals surface area contributed by atoms with Crippen LogP contribution < -0.4 is 0 Å². The minimum absolute atomic E-state index is 0.365. The number of allylic oxidation sites excluding steroid dienone is 1. The lowest BCUT2D eigenvalue weighted by Crippen LogP contribution is -2.06. The molecule has 0 heterocycles. The van der Waals surface area contributed by atoms with E-state index < -0.39 is 0 Å². The number of esters is 1. The van der Waals surface area contributed by atoms with E-state index in [1.54, 1.807) is 24.3 Å². The van der Waals surface area contributed by atoms with Gasteiger partial charge >= 0.3 is 5.97 Å². The van der Waals surface area contributed by atoms with E-state index in [1.165, 1.54) is 0 Å². The molecule has 1 rings (SSSR count). The molecule has 0 bridgehead atoms.